The molecule has 0 radical (unpaired) electrons. The van der Waals surface area contributed by atoms with Crippen molar-refractivity contribution in [2.45, 2.75) is 56.3 Å². The van der Waals surface area contributed by atoms with E-state index in [-0.39, 0.29) is 4.90 Å². The van der Waals surface area contributed by atoms with E-state index < -0.39 is 10.0 Å². The minimum Gasteiger partial charge on any atom is -0.330 e. The Bertz CT molecular complexity index is 793. The fourth-order valence-corrected chi connectivity index (χ4v) is 4.36. The van der Waals surface area contributed by atoms with Gasteiger partial charge in [0.1, 0.15) is 0 Å². The van der Waals surface area contributed by atoms with Crippen LogP contribution in [0.1, 0.15) is 51.4 Å². The van der Waals surface area contributed by atoms with Gasteiger partial charge in [-0.1, -0.05) is 68.3 Å². The van der Waals surface area contributed by atoms with Crippen LogP contribution in [0.2, 0.25) is 5.02 Å². The van der Waals surface area contributed by atoms with Gasteiger partial charge in [0.15, 0.2) is 0 Å². The molecule has 0 aliphatic heterocycles. The summed E-state index contributed by atoms with van der Waals surface area (Å²) in [7, 11) is -3.48. The van der Waals surface area contributed by atoms with Crippen LogP contribution < -0.4 is 10.5 Å². The van der Waals surface area contributed by atoms with E-state index in [1.807, 2.05) is 12.1 Å². The van der Waals surface area contributed by atoms with Gasteiger partial charge in [0.25, 0.3) is 0 Å². The molecule has 0 fully saturated rings. The van der Waals surface area contributed by atoms with Gasteiger partial charge in [-0.05, 0) is 43.0 Å². The highest BCUT2D eigenvalue weighted by molar-refractivity contribution is 7.89. The number of benzene rings is 2. The van der Waals surface area contributed by atoms with Crippen molar-refractivity contribution in [3.8, 4) is 0 Å². The number of nitrogens with two attached hydrogens (primary N) is 1. The van der Waals surface area contributed by atoms with E-state index >= 15 is 0 Å². The molecule has 2 aromatic carbocycles. The lowest BCUT2D eigenvalue weighted by atomic mass is 10.1. The van der Waals surface area contributed by atoms with E-state index in [0.717, 1.165) is 43.0 Å². The van der Waals surface area contributed by atoms with Crippen LogP contribution in [0, 0.1) is 0 Å². The maximum absolute atomic E-state index is 12.4. The van der Waals surface area contributed by atoms with E-state index in [2.05, 4.69) is 4.72 Å². The highest BCUT2D eigenvalue weighted by atomic mass is 35.5. The van der Waals surface area contributed by atoms with Crippen molar-refractivity contribution in [2.24, 2.45) is 5.73 Å². The van der Waals surface area contributed by atoms with Gasteiger partial charge in [-0.3, -0.25) is 0 Å². The Kier molecular flexibility index (Phi) is 8.85. The summed E-state index contributed by atoms with van der Waals surface area (Å²) in [5, 5.41) is 2.32. The summed E-state index contributed by atoms with van der Waals surface area (Å²) in [6.45, 7) is 1.26. The van der Waals surface area contributed by atoms with Gasteiger partial charge in [0.2, 0.25) is 10.0 Å². The maximum atomic E-state index is 12.4. The van der Waals surface area contributed by atoms with Gasteiger partial charge >= 0.3 is 0 Å². The Morgan fingerprint density at radius 1 is 0.885 bits per heavy atom. The van der Waals surface area contributed by atoms with Crippen LogP contribution in [0.5, 0.6) is 0 Å². The molecule has 0 saturated heterocycles. The summed E-state index contributed by atoms with van der Waals surface area (Å²) in [6.07, 6.45) is 9.09. The number of fused-ring (bicyclic) bond motifs is 1. The Balaban J connectivity index is 1.74. The highest BCUT2D eigenvalue weighted by Gasteiger charge is 2.14. The van der Waals surface area contributed by atoms with E-state index in [9.17, 15) is 8.42 Å². The monoisotopic (exact) mass is 396 g/mol. The molecule has 0 amide bonds. The number of sulfonamides is 1. The predicted molar refractivity (Wildman–Crippen MR) is 110 cm³/mol. The van der Waals surface area contributed by atoms with Gasteiger partial charge in [-0.2, -0.15) is 0 Å². The molecule has 0 aliphatic rings. The Labute approximate surface area is 162 Å². The summed E-state index contributed by atoms with van der Waals surface area (Å²) in [5.74, 6) is 0. The largest absolute Gasteiger partial charge is 0.330 e. The zero-order valence-electron chi connectivity index (χ0n) is 15.2. The molecule has 6 heteroatoms. The number of halogens is 1. The maximum Gasteiger partial charge on any atom is 0.240 e. The molecule has 0 atom stereocenters. The number of hydrogen-bond donors (Lipinski definition) is 2. The predicted octanol–water partition coefficient (Wildman–Crippen LogP) is 4.85. The fourth-order valence-electron chi connectivity index (χ4n) is 3.01. The van der Waals surface area contributed by atoms with Crippen molar-refractivity contribution in [1.82, 2.24) is 4.72 Å². The smallest absolute Gasteiger partial charge is 0.240 e. The van der Waals surface area contributed by atoms with E-state index in [4.69, 9.17) is 17.3 Å². The molecular weight excluding hydrogens is 368 g/mol. The van der Waals surface area contributed by atoms with E-state index in [1.165, 1.54) is 25.7 Å². The van der Waals surface area contributed by atoms with Crippen molar-refractivity contribution in [2.75, 3.05) is 13.1 Å². The molecule has 0 aliphatic carbocycles. The van der Waals surface area contributed by atoms with Crippen LogP contribution in [0.3, 0.4) is 0 Å². The number of unbranched alkanes of at least 4 members (excludes halogenated alkanes) is 7. The zero-order valence-corrected chi connectivity index (χ0v) is 16.8. The van der Waals surface area contributed by atoms with Crippen molar-refractivity contribution in [1.29, 1.82) is 0 Å². The lowest BCUT2D eigenvalue weighted by Gasteiger charge is -2.08. The van der Waals surface area contributed by atoms with Gasteiger partial charge in [-0.15, -0.1) is 0 Å². The first-order chi connectivity index (χ1) is 12.5. The van der Waals surface area contributed by atoms with Crippen LogP contribution in [0.15, 0.2) is 41.3 Å². The topological polar surface area (TPSA) is 72.2 Å². The third-order valence-corrected chi connectivity index (χ3v) is 6.32. The molecule has 0 spiro atoms. The van der Waals surface area contributed by atoms with Crippen molar-refractivity contribution >= 4 is 32.4 Å². The summed E-state index contributed by atoms with van der Waals surface area (Å²) in [6, 6.07) is 10.5. The van der Waals surface area contributed by atoms with Crippen molar-refractivity contribution in [3.05, 3.63) is 41.4 Å². The number of rotatable bonds is 12. The second kappa shape index (κ2) is 10.9. The quantitative estimate of drug-likeness (QED) is 0.503. The first-order valence-electron chi connectivity index (χ1n) is 9.42. The molecular formula is C20H29ClN2O2S. The molecule has 3 N–H and O–H groups in total. The standard InChI is InChI=1S/C20H29ClN2O2S/c21-20-11-9-10-17-16-18(12-13-19(17)20)26(24,25)23-15-8-6-4-2-1-3-5-7-14-22/h9-13,16,23H,1-8,14-15,22H2. The third kappa shape index (κ3) is 6.54. The second-order valence-electron chi connectivity index (χ2n) is 6.64. The Morgan fingerprint density at radius 2 is 1.54 bits per heavy atom. The minimum atomic E-state index is -3.48. The normalized spacial score (nSPS) is 11.9. The second-order valence-corrected chi connectivity index (χ2v) is 8.81. The van der Waals surface area contributed by atoms with Crippen LogP contribution in [-0.2, 0) is 10.0 Å². The molecule has 4 nitrogen and oxygen atoms in total. The molecule has 0 aromatic heterocycles. The average molecular weight is 397 g/mol. The summed E-state index contributed by atoms with van der Waals surface area (Å²) >= 11 is 6.13. The van der Waals surface area contributed by atoms with Crippen LogP contribution in [0.4, 0.5) is 0 Å². The SMILES string of the molecule is NCCCCCCCCCCNS(=O)(=O)c1ccc2c(Cl)cccc2c1. The van der Waals surface area contributed by atoms with E-state index in [0.29, 0.717) is 11.6 Å². The Morgan fingerprint density at radius 3 is 2.23 bits per heavy atom. The first-order valence-corrected chi connectivity index (χ1v) is 11.3. The van der Waals surface area contributed by atoms with E-state index in [1.54, 1.807) is 24.3 Å². The molecule has 0 saturated carbocycles. The summed E-state index contributed by atoms with van der Waals surface area (Å²) < 4.78 is 27.6. The van der Waals surface area contributed by atoms with Gasteiger partial charge in [0.05, 0.1) is 4.90 Å². The lowest BCUT2D eigenvalue weighted by molar-refractivity contribution is 0.556. The molecule has 26 heavy (non-hydrogen) atoms. The number of hydrogen-bond acceptors (Lipinski definition) is 3. The average Bonchev–Trinajstić information content (AvgIpc) is 2.63. The highest BCUT2D eigenvalue weighted by Crippen LogP contribution is 2.25. The van der Waals surface area contributed by atoms with Gasteiger partial charge in [-0.25, -0.2) is 13.1 Å². The van der Waals surface area contributed by atoms with Gasteiger partial charge in [0, 0.05) is 17.0 Å². The van der Waals surface area contributed by atoms with Crippen LogP contribution in [0.25, 0.3) is 10.8 Å². The molecule has 0 bridgehead atoms. The molecule has 144 valence electrons. The van der Waals surface area contributed by atoms with Crippen LogP contribution in [-0.4, -0.2) is 21.5 Å². The molecule has 0 unspecified atom stereocenters. The third-order valence-electron chi connectivity index (χ3n) is 4.53. The Hall–Kier alpha value is -1.14. The minimum absolute atomic E-state index is 0.284. The molecule has 2 aromatic rings. The summed E-state index contributed by atoms with van der Waals surface area (Å²) in [5.41, 5.74) is 5.47. The summed E-state index contributed by atoms with van der Waals surface area (Å²) in [4.78, 5) is 0.284. The molecule has 0 heterocycles. The zero-order chi connectivity index (χ0) is 18.8. The lowest BCUT2D eigenvalue weighted by Crippen LogP contribution is -2.24. The molecule has 2 rings (SSSR count). The van der Waals surface area contributed by atoms with Crippen LogP contribution >= 0.6 is 11.6 Å². The van der Waals surface area contributed by atoms with Crippen molar-refractivity contribution < 1.29 is 8.42 Å². The van der Waals surface area contributed by atoms with Crippen molar-refractivity contribution in [3.63, 3.8) is 0 Å². The van der Waals surface area contributed by atoms with Gasteiger partial charge < -0.3 is 5.73 Å². The fraction of sp³-hybridized carbons (Fsp3) is 0.500. The number of nitrogens with one attached hydrogen (secondary N) is 1. The first kappa shape index (κ1) is 21.2.